The number of anilines is 1. The molecule has 3 nitrogen and oxygen atoms in total. The molecule has 0 aromatic heterocycles. The Bertz CT molecular complexity index is 490. The maximum atomic E-state index is 12.1. The van der Waals surface area contributed by atoms with Crippen LogP contribution in [0.4, 0.5) is 5.69 Å². The first-order valence-corrected chi connectivity index (χ1v) is 8.69. The molecule has 0 saturated carbocycles. The van der Waals surface area contributed by atoms with Crippen LogP contribution in [0.2, 0.25) is 0 Å². The van der Waals surface area contributed by atoms with Gasteiger partial charge < -0.3 is 5.32 Å². The van der Waals surface area contributed by atoms with Gasteiger partial charge in [0.05, 0.1) is 0 Å². The van der Waals surface area contributed by atoms with Gasteiger partial charge in [0.25, 0.3) is 0 Å². The highest BCUT2D eigenvalue weighted by Crippen LogP contribution is 2.21. The molecule has 1 unspecified atom stereocenters. The molecule has 1 fully saturated rings. The smallest absolute Gasteiger partial charge is 0.225 e. The number of halogens is 1. The second-order valence-corrected chi connectivity index (χ2v) is 6.77. The summed E-state index contributed by atoms with van der Waals surface area (Å²) in [5, 5.41) is 3.02. The van der Waals surface area contributed by atoms with E-state index in [9.17, 15) is 4.79 Å². The monoisotopic (exact) mass is 352 g/mol. The van der Waals surface area contributed by atoms with Gasteiger partial charge in [0.15, 0.2) is 0 Å². The van der Waals surface area contributed by atoms with Crippen LogP contribution in [0.3, 0.4) is 0 Å². The number of aryl methyl sites for hydroxylation is 1. The molecular formula is C17H25BrN2O. The zero-order valence-corrected chi connectivity index (χ0v) is 14.6. The number of carbonyl (C=O) groups excluding carboxylic acids is 1. The summed E-state index contributed by atoms with van der Waals surface area (Å²) in [5.74, 6) is 0.112. The van der Waals surface area contributed by atoms with Crippen molar-refractivity contribution in [3.8, 4) is 0 Å². The van der Waals surface area contributed by atoms with E-state index in [0.29, 0.717) is 12.5 Å². The minimum absolute atomic E-state index is 0.112. The molecule has 0 bridgehead atoms. The number of rotatable bonds is 5. The van der Waals surface area contributed by atoms with Gasteiger partial charge in [-0.1, -0.05) is 29.3 Å². The lowest BCUT2D eigenvalue weighted by Gasteiger charge is -2.35. The normalized spacial score (nSPS) is 19.5. The minimum atomic E-state index is 0.112. The van der Waals surface area contributed by atoms with Crippen molar-refractivity contribution >= 4 is 27.5 Å². The fourth-order valence-electron chi connectivity index (χ4n) is 3.04. The van der Waals surface area contributed by atoms with Gasteiger partial charge in [-0.05, 0) is 56.5 Å². The molecule has 1 aromatic carbocycles. The average molecular weight is 353 g/mol. The fraction of sp³-hybridized carbons (Fsp3) is 0.588. The van der Waals surface area contributed by atoms with Crippen molar-refractivity contribution in [2.24, 2.45) is 0 Å². The number of piperidine rings is 1. The van der Waals surface area contributed by atoms with Crippen molar-refractivity contribution in [3.63, 3.8) is 0 Å². The molecule has 1 aromatic rings. The van der Waals surface area contributed by atoms with Gasteiger partial charge in [-0.15, -0.1) is 0 Å². The number of carbonyl (C=O) groups is 1. The van der Waals surface area contributed by atoms with Crippen molar-refractivity contribution in [2.75, 3.05) is 18.4 Å². The molecule has 0 spiro atoms. The van der Waals surface area contributed by atoms with Gasteiger partial charge >= 0.3 is 0 Å². The fourth-order valence-corrected chi connectivity index (χ4v) is 3.52. The molecule has 2 rings (SSSR count). The van der Waals surface area contributed by atoms with E-state index in [0.717, 1.165) is 28.8 Å². The summed E-state index contributed by atoms with van der Waals surface area (Å²) in [6, 6.07) is 6.60. The Morgan fingerprint density at radius 2 is 2.24 bits per heavy atom. The van der Waals surface area contributed by atoms with E-state index < -0.39 is 0 Å². The highest BCUT2D eigenvalue weighted by Gasteiger charge is 2.21. The molecule has 0 radical (unpaired) electrons. The Morgan fingerprint density at radius 3 is 2.95 bits per heavy atom. The van der Waals surface area contributed by atoms with Gasteiger partial charge in [-0.3, -0.25) is 9.69 Å². The Balaban J connectivity index is 1.84. The molecule has 116 valence electrons. The third-order valence-electron chi connectivity index (χ3n) is 4.31. The van der Waals surface area contributed by atoms with Crippen LogP contribution in [0.1, 0.15) is 44.6 Å². The maximum Gasteiger partial charge on any atom is 0.225 e. The molecule has 1 aliphatic heterocycles. The molecule has 1 saturated heterocycles. The van der Waals surface area contributed by atoms with Crippen LogP contribution in [0.25, 0.3) is 0 Å². The highest BCUT2D eigenvalue weighted by molar-refractivity contribution is 9.10. The van der Waals surface area contributed by atoms with Crippen molar-refractivity contribution in [3.05, 3.63) is 28.2 Å². The van der Waals surface area contributed by atoms with Crippen molar-refractivity contribution in [1.29, 1.82) is 0 Å². The molecular weight excluding hydrogens is 328 g/mol. The molecule has 21 heavy (non-hydrogen) atoms. The van der Waals surface area contributed by atoms with Crippen LogP contribution >= 0.6 is 15.9 Å². The summed E-state index contributed by atoms with van der Waals surface area (Å²) < 4.78 is 1.04. The molecule has 1 heterocycles. The Kier molecular flexibility index (Phi) is 6.24. The number of hydrogen-bond donors (Lipinski definition) is 1. The third-order valence-corrected chi connectivity index (χ3v) is 4.80. The Labute approximate surface area is 136 Å². The molecule has 1 atom stereocenters. The van der Waals surface area contributed by atoms with E-state index in [1.54, 1.807) is 0 Å². The van der Waals surface area contributed by atoms with Crippen LogP contribution in [-0.2, 0) is 4.79 Å². The van der Waals surface area contributed by atoms with E-state index in [2.05, 4.69) is 33.1 Å². The number of amides is 1. The van der Waals surface area contributed by atoms with Gasteiger partial charge in [0.2, 0.25) is 5.91 Å². The van der Waals surface area contributed by atoms with Gasteiger partial charge in [0, 0.05) is 29.2 Å². The van der Waals surface area contributed by atoms with Crippen LogP contribution in [-0.4, -0.2) is 29.9 Å². The minimum Gasteiger partial charge on any atom is -0.326 e. The second kappa shape index (κ2) is 7.95. The lowest BCUT2D eigenvalue weighted by Crippen LogP contribution is -2.40. The maximum absolute atomic E-state index is 12.1. The van der Waals surface area contributed by atoms with E-state index >= 15 is 0 Å². The van der Waals surface area contributed by atoms with Crippen LogP contribution in [0, 0.1) is 6.92 Å². The molecule has 1 amide bonds. The largest absolute Gasteiger partial charge is 0.326 e. The van der Waals surface area contributed by atoms with E-state index in [1.165, 1.54) is 25.7 Å². The summed E-state index contributed by atoms with van der Waals surface area (Å²) in [7, 11) is 0. The molecule has 0 aliphatic carbocycles. The Hall–Kier alpha value is -0.870. The van der Waals surface area contributed by atoms with Crippen LogP contribution < -0.4 is 5.32 Å². The summed E-state index contributed by atoms with van der Waals surface area (Å²) in [6.07, 6.45) is 5.65. The lowest BCUT2D eigenvalue weighted by atomic mass is 10.00. The first-order chi connectivity index (χ1) is 10.1. The number of nitrogens with one attached hydrogen (secondary N) is 1. The number of nitrogens with zero attached hydrogens (tertiary/aromatic N) is 1. The number of likely N-dealkylation sites (tertiary alicyclic amines) is 1. The van der Waals surface area contributed by atoms with Crippen molar-refractivity contribution in [2.45, 2.75) is 52.0 Å². The summed E-state index contributed by atoms with van der Waals surface area (Å²) in [4.78, 5) is 14.6. The quantitative estimate of drug-likeness (QED) is 0.854. The molecule has 4 heteroatoms. The SMILES string of the molecule is CCC1CCCCN1CCC(=O)Nc1ccc(Br)cc1C. The Morgan fingerprint density at radius 1 is 1.43 bits per heavy atom. The summed E-state index contributed by atoms with van der Waals surface area (Å²) >= 11 is 3.44. The predicted molar refractivity (Wildman–Crippen MR) is 91.6 cm³/mol. The lowest BCUT2D eigenvalue weighted by molar-refractivity contribution is -0.116. The first-order valence-electron chi connectivity index (χ1n) is 7.90. The number of benzene rings is 1. The van der Waals surface area contributed by atoms with Gasteiger partial charge in [-0.2, -0.15) is 0 Å². The molecule has 1 N–H and O–H groups in total. The predicted octanol–water partition coefficient (Wildman–Crippen LogP) is 4.35. The third kappa shape index (κ3) is 4.82. The first kappa shape index (κ1) is 16.5. The van der Waals surface area contributed by atoms with Crippen molar-refractivity contribution < 1.29 is 4.79 Å². The van der Waals surface area contributed by atoms with E-state index in [4.69, 9.17) is 0 Å². The standard InChI is InChI=1S/C17H25BrN2O/c1-3-15-6-4-5-10-20(15)11-9-17(21)19-16-8-7-14(18)12-13(16)2/h7-8,12,15H,3-6,9-11H2,1-2H3,(H,19,21). The van der Waals surface area contributed by atoms with E-state index in [-0.39, 0.29) is 5.91 Å². The zero-order chi connectivity index (χ0) is 15.2. The van der Waals surface area contributed by atoms with Gasteiger partial charge in [-0.25, -0.2) is 0 Å². The highest BCUT2D eigenvalue weighted by atomic mass is 79.9. The zero-order valence-electron chi connectivity index (χ0n) is 13.0. The van der Waals surface area contributed by atoms with Crippen LogP contribution in [0.15, 0.2) is 22.7 Å². The summed E-state index contributed by atoms with van der Waals surface area (Å²) in [5.41, 5.74) is 2.00. The van der Waals surface area contributed by atoms with Crippen LogP contribution in [0.5, 0.6) is 0 Å². The number of hydrogen-bond acceptors (Lipinski definition) is 2. The van der Waals surface area contributed by atoms with E-state index in [1.807, 2.05) is 25.1 Å². The average Bonchev–Trinajstić information content (AvgIpc) is 2.48. The van der Waals surface area contributed by atoms with Gasteiger partial charge in [0.1, 0.15) is 0 Å². The molecule has 1 aliphatic rings. The summed E-state index contributed by atoms with van der Waals surface area (Å²) in [6.45, 7) is 6.27. The van der Waals surface area contributed by atoms with Crippen molar-refractivity contribution in [1.82, 2.24) is 4.90 Å². The second-order valence-electron chi connectivity index (χ2n) is 5.85. The topological polar surface area (TPSA) is 32.3 Å².